The molecular formula is C14H14N2O3. The number of aromatic nitrogens is 1. The van der Waals surface area contributed by atoms with E-state index in [0.717, 1.165) is 0 Å². The molecule has 0 radical (unpaired) electrons. The second kappa shape index (κ2) is 5.86. The van der Waals surface area contributed by atoms with Crippen molar-refractivity contribution < 1.29 is 14.3 Å². The first-order valence-electron chi connectivity index (χ1n) is 5.79. The SMILES string of the molecule is COC(=O)C(NC(=O)c1ccc[nH]1)c1ccccc1. The summed E-state index contributed by atoms with van der Waals surface area (Å²) in [7, 11) is 1.29. The van der Waals surface area contributed by atoms with Crippen LogP contribution in [-0.2, 0) is 9.53 Å². The molecule has 1 heterocycles. The molecule has 0 bridgehead atoms. The number of H-pyrrole nitrogens is 1. The van der Waals surface area contributed by atoms with Crippen molar-refractivity contribution in [2.75, 3.05) is 7.11 Å². The summed E-state index contributed by atoms with van der Waals surface area (Å²) in [5, 5.41) is 2.64. The van der Waals surface area contributed by atoms with E-state index in [-0.39, 0.29) is 5.91 Å². The van der Waals surface area contributed by atoms with E-state index in [1.165, 1.54) is 7.11 Å². The summed E-state index contributed by atoms with van der Waals surface area (Å²) in [6.45, 7) is 0. The molecule has 1 atom stereocenters. The maximum Gasteiger partial charge on any atom is 0.333 e. The van der Waals surface area contributed by atoms with Crippen molar-refractivity contribution in [1.29, 1.82) is 0 Å². The van der Waals surface area contributed by atoms with Crippen LogP contribution < -0.4 is 5.32 Å². The Balaban J connectivity index is 2.20. The topological polar surface area (TPSA) is 71.2 Å². The first-order chi connectivity index (χ1) is 9.22. The lowest BCUT2D eigenvalue weighted by atomic mass is 10.1. The minimum Gasteiger partial charge on any atom is -0.467 e. The van der Waals surface area contributed by atoms with E-state index in [9.17, 15) is 9.59 Å². The number of hydrogen-bond acceptors (Lipinski definition) is 3. The summed E-state index contributed by atoms with van der Waals surface area (Å²) in [5.41, 5.74) is 1.07. The fourth-order valence-electron chi connectivity index (χ4n) is 1.72. The maximum atomic E-state index is 12.0. The van der Waals surface area contributed by atoms with Gasteiger partial charge in [-0.15, -0.1) is 0 Å². The molecule has 2 rings (SSSR count). The van der Waals surface area contributed by atoms with Crippen molar-refractivity contribution in [1.82, 2.24) is 10.3 Å². The quantitative estimate of drug-likeness (QED) is 0.819. The summed E-state index contributed by atoms with van der Waals surface area (Å²) in [5.74, 6) is -0.865. The number of esters is 1. The molecule has 1 aromatic heterocycles. The molecule has 0 saturated heterocycles. The van der Waals surface area contributed by atoms with Crippen LogP contribution in [0, 0.1) is 0 Å². The van der Waals surface area contributed by atoms with Crippen LogP contribution in [0.5, 0.6) is 0 Å². The summed E-state index contributed by atoms with van der Waals surface area (Å²) in [6, 6.07) is 11.5. The Hall–Kier alpha value is -2.56. The Bertz CT molecular complexity index is 549. The number of hydrogen-bond donors (Lipinski definition) is 2. The van der Waals surface area contributed by atoms with Gasteiger partial charge in [0.1, 0.15) is 5.69 Å². The van der Waals surface area contributed by atoms with E-state index < -0.39 is 12.0 Å². The summed E-state index contributed by atoms with van der Waals surface area (Å²) in [4.78, 5) is 26.5. The van der Waals surface area contributed by atoms with Gasteiger partial charge in [0.2, 0.25) is 0 Å². The molecule has 5 heteroatoms. The summed E-state index contributed by atoms with van der Waals surface area (Å²) >= 11 is 0. The summed E-state index contributed by atoms with van der Waals surface area (Å²) in [6.07, 6.45) is 1.64. The van der Waals surface area contributed by atoms with Gasteiger partial charge in [-0.25, -0.2) is 4.79 Å². The Labute approximate surface area is 110 Å². The van der Waals surface area contributed by atoms with Crippen LogP contribution in [0.15, 0.2) is 48.7 Å². The number of nitrogens with one attached hydrogen (secondary N) is 2. The molecule has 2 aromatic rings. The minimum atomic E-state index is -0.818. The van der Waals surface area contributed by atoms with Crippen LogP contribution in [0.2, 0.25) is 0 Å². The largest absolute Gasteiger partial charge is 0.467 e. The van der Waals surface area contributed by atoms with E-state index >= 15 is 0 Å². The highest BCUT2D eigenvalue weighted by Crippen LogP contribution is 2.14. The fraction of sp³-hybridized carbons (Fsp3) is 0.143. The molecule has 0 spiro atoms. The molecule has 0 saturated carbocycles. The molecule has 0 fully saturated rings. The number of benzene rings is 1. The van der Waals surface area contributed by atoms with Crippen molar-refractivity contribution in [2.24, 2.45) is 0 Å². The minimum absolute atomic E-state index is 0.357. The van der Waals surface area contributed by atoms with Gasteiger partial charge < -0.3 is 15.0 Å². The van der Waals surface area contributed by atoms with Gasteiger partial charge in [-0.1, -0.05) is 30.3 Å². The van der Waals surface area contributed by atoms with Gasteiger partial charge in [-0.2, -0.15) is 0 Å². The van der Waals surface area contributed by atoms with Gasteiger partial charge in [-0.3, -0.25) is 4.79 Å². The Morgan fingerprint density at radius 2 is 1.89 bits per heavy atom. The van der Waals surface area contributed by atoms with Gasteiger partial charge in [0.15, 0.2) is 6.04 Å². The van der Waals surface area contributed by atoms with Gasteiger partial charge in [0, 0.05) is 6.20 Å². The molecule has 0 aliphatic heterocycles. The average Bonchev–Trinajstić information content (AvgIpc) is 2.99. The smallest absolute Gasteiger partial charge is 0.333 e. The normalized spacial score (nSPS) is 11.6. The Kier molecular flexibility index (Phi) is 3.97. The van der Waals surface area contributed by atoms with Gasteiger partial charge in [0.25, 0.3) is 5.91 Å². The van der Waals surface area contributed by atoms with Gasteiger partial charge >= 0.3 is 5.97 Å². The third-order valence-corrected chi connectivity index (χ3v) is 2.69. The number of carbonyl (C=O) groups is 2. The number of carbonyl (C=O) groups excluding carboxylic acids is 2. The zero-order chi connectivity index (χ0) is 13.7. The maximum absolute atomic E-state index is 12.0. The zero-order valence-corrected chi connectivity index (χ0v) is 10.4. The number of methoxy groups -OCH3 is 1. The Morgan fingerprint density at radius 3 is 2.47 bits per heavy atom. The van der Waals surface area contributed by atoms with E-state index in [1.54, 1.807) is 42.6 Å². The number of ether oxygens (including phenoxy) is 1. The van der Waals surface area contributed by atoms with Gasteiger partial charge in [-0.05, 0) is 17.7 Å². The van der Waals surface area contributed by atoms with Crippen LogP contribution >= 0.6 is 0 Å². The zero-order valence-electron chi connectivity index (χ0n) is 10.4. The predicted molar refractivity (Wildman–Crippen MR) is 69.5 cm³/mol. The van der Waals surface area contributed by atoms with E-state index in [2.05, 4.69) is 10.3 Å². The third kappa shape index (κ3) is 3.01. The molecule has 2 N–H and O–H groups in total. The molecule has 1 amide bonds. The molecule has 1 unspecified atom stereocenters. The van der Waals surface area contributed by atoms with Crippen LogP contribution in [0.25, 0.3) is 0 Å². The van der Waals surface area contributed by atoms with Crippen LogP contribution in [0.4, 0.5) is 0 Å². The average molecular weight is 258 g/mol. The van der Waals surface area contributed by atoms with Crippen LogP contribution in [0.3, 0.4) is 0 Å². The summed E-state index contributed by atoms with van der Waals surface area (Å²) < 4.78 is 4.72. The van der Waals surface area contributed by atoms with Crippen molar-refractivity contribution in [2.45, 2.75) is 6.04 Å². The predicted octanol–water partition coefficient (Wildman–Crippen LogP) is 1.66. The molecule has 19 heavy (non-hydrogen) atoms. The van der Waals surface area contributed by atoms with E-state index in [4.69, 9.17) is 4.74 Å². The highest BCUT2D eigenvalue weighted by Gasteiger charge is 2.24. The highest BCUT2D eigenvalue weighted by atomic mass is 16.5. The lowest BCUT2D eigenvalue weighted by Gasteiger charge is -2.16. The van der Waals surface area contributed by atoms with Crippen molar-refractivity contribution >= 4 is 11.9 Å². The van der Waals surface area contributed by atoms with Gasteiger partial charge in [0.05, 0.1) is 7.11 Å². The molecule has 0 aliphatic rings. The number of rotatable bonds is 4. The second-order valence-corrected chi connectivity index (χ2v) is 3.92. The van der Waals surface area contributed by atoms with Crippen molar-refractivity contribution in [3.63, 3.8) is 0 Å². The first kappa shape index (κ1) is 12.9. The number of aromatic amines is 1. The molecule has 98 valence electrons. The van der Waals surface area contributed by atoms with Crippen molar-refractivity contribution in [3.05, 3.63) is 59.9 Å². The standard InChI is InChI=1S/C14H14N2O3/c1-19-14(18)12(10-6-3-2-4-7-10)16-13(17)11-8-5-9-15-11/h2-9,12,15H,1H3,(H,16,17). The fourth-order valence-corrected chi connectivity index (χ4v) is 1.72. The number of amides is 1. The molecule has 5 nitrogen and oxygen atoms in total. The monoisotopic (exact) mass is 258 g/mol. The van der Waals surface area contributed by atoms with Crippen molar-refractivity contribution in [3.8, 4) is 0 Å². The Morgan fingerprint density at radius 1 is 1.16 bits per heavy atom. The molecule has 0 aliphatic carbocycles. The lowest BCUT2D eigenvalue weighted by Crippen LogP contribution is -2.34. The molecule has 1 aromatic carbocycles. The lowest BCUT2D eigenvalue weighted by molar-refractivity contribution is -0.143. The second-order valence-electron chi connectivity index (χ2n) is 3.92. The van der Waals surface area contributed by atoms with E-state index in [1.807, 2.05) is 6.07 Å². The van der Waals surface area contributed by atoms with Crippen LogP contribution in [-0.4, -0.2) is 24.0 Å². The molecular weight excluding hydrogens is 244 g/mol. The third-order valence-electron chi connectivity index (χ3n) is 2.69. The van der Waals surface area contributed by atoms with E-state index in [0.29, 0.717) is 11.3 Å². The highest BCUT2D eigenvalue weighted by molar-refractivity contribution is 5.95. The first-order valence-corrected chi connectivity index (χ1v) is 5.79. The van der Waals surface area contributed by atoms with Crippen LogP contribution in [0.1, 0.15) is 22.1 Å².